The van der Waals surface area contributed by atoms with Crippen molar-refractivity contribution in [1.82, 2.24) is 10.2 Å². The number of amides is 1. The third-order valence-electron chi connectivity index (χ3n) is 4.99. The van der Waals surface area contributed by atoms with Crippen LogP contribution >= 0.6 is 12.2 Å². The van der Waals surface area contributed by atoms with Gasteiger partial charge >= 0.3 is 5.69 Å². The molecule has 1 unspecified atom stereocenters. The summed E-state index contributed by atoms with van der Waals surface area (Å²) in [5, 5.41) is 14.3. The first-order chi connectivity index (χ1) is 14.5. The zero-order valence-corrected chi connectivity index (χ0v) is 18.1. The Morgan fingerprint density at radius 2 is 1.77 bits per heavy atom. The molecule has 31 heavy (non-hydrogen) atoms. The van der Waals surface area contributed by atoms with E-state index >= 15 is 0 Å². The summed E-state index contributed by atoms with van der Waals surface area (Å²) >= 11 is 5.48. The average molecular weight is 446 g/mol. The van der Waals surface area contributed by atoms with E-state index in [-0.39, 0.29) is 16.2 Å². The SMILES string of the molecule is CC1=C(C(=O)N(C)C)C(c2cc([N+](=O)[O-])c(F)cc2F)NC(=S)N1c1ccc(C)cc1. The molecule has 0 aromatic heterocycles. The van der Waals surface area contributed by atoms with Crippen molar-refractivity contribution in [1.29, 1.82) is 0 Å². The molecule has 2 aromatic carbocycles. The molecule has 0 spiro atoms. The van der Waals surface area contributed by atoms with Crippen LogP contribution in [0.5, 0.6) is 0 Å². The number of nitro benzene ring substituents is 1. The minimum absolute atomic E-state index is 0.138. The molecule has 10 heteroatoms. The Balaban J connectivity index is 2.23. The minimum atomic E-state index is -1.30. The molecule has 1 aliphatic heterocycles. The maximum atomic E-state index is 14.7. The number of rotatable bonds is 4. The van der Waals surface area contributed by atoms with Crippen molar-refractivity contribution < 1.29 is 18.5 Å². The van der Waals surface area contributed by atoms with Gasteiger partial charge in [0.2, 0.25) is 5.82 Å². The molecule has 1 heterocycles. The second-order valence-electron chi connectivity index (χ2n) is 7.33. The Bertz CT molecular complexity index is 1120. The van der Waals surface area contributed by atoms with Gasteiger partial charge in [0.1, 0.15) is 5.82 Å². The number of carbonyl (C=O) groups is 1. The van der Waals surface area contributed by atoms with E-state index in [1.165, 1.54) is 19.0 Å². The van der Waals surface area contributed by atoms with Crippen LogP contribution in [0.25, 0.3) is 0 Å². The van der Waals surface area contributed by atoms with Gasteiger partial charge in [-0.15, -0.1) is 0 Å². The molecule has 0 fully saturated rings. The van der Waals surface area contributed by atoms with Gasteiger partial charge in [-0.25, -0.2) is 4.39 Å². The summed E-state index contributed by atoms with van der Waals surface area (Å²) in [6, 6.07) is 7.52. The number of carbonyl (C=O) groups excluding carboxylic acids is 1. The lowest BCUT2D eigenvalue weighted by atomic mass is 9.93. The summed E-state index contributed by atoms with van der Waals surface area (Å²) in [6.45, 7) is 3.59. The molecule has 0 saturated heterocycles. The van der Waals surface area contributed by atoms with Gasteiger partial charge in [-0.05, 0) is 38.2 Å². The monoisotopic (exact) mass is 446 g/mol. The lowest BCUT2D eigenvalue weighted by molar-refractivity contribution is -0.387. The van der Waals surface area contributed by atoms with Crippen LogP contribution in [0.2, 0.25) is 0 Å². The Morgan fingerprint density at radius 1 is 1.16 bits per heavy atom. The molecule has 162 valence electrons. The topological polar surface area (TPSA) is 78.7 Å². The number of halogens is 2. The fourth-order valence-electron chi connectivity index (χ4n) is 3.41. The lowest BCUT2D eigenvalue weighted by Crippen LogP contribution is -2.49. The fourth-order valence-corrected chi connectivity index (χ4v) is 3.77. The molecule has 1 atom stereocenters. The maximum absolute atomic E-state index is 14.7. The lowest BCUT2D eigenvalue weighted by Gasteiger charge is -2.38. The zero-order chi connectivity index (χ0) is 23.0. The van der Waals surface area contributed by atoms with Gasteiger partial charge in [0.25, 0.3) is 5.91 Å². The summed E-state index contributed by atoms with van der Waals surface area (Å²) in [5.41, 5.74) is 1.16. The van der Waals surface area contributed by atoms with Crippen molar-refractivity contribution in [2.45, 2.75) is 19.9 Å². The number of nitrogens with zero attached hydrogens (tertiary/aromatic N) is 3. The molecule has 1 aliphatic rings. The van der Waals surface area contributed by atoms with E-state index in [4.69, 9.17) is 12.2 Å². The van der Waals surface area contributed by atoms with Crippen molar-refractivity contribution in [3.8, 4) is 0 Å². The van der Waals surface area contributed by atoms with Gasteiger partial charge < -0.3 is 10.2 Å². The number of hydrogen-bond donors (Lipinski definition) is 1. The van der Waals surface area contributed by atoms with Crippen LogP contribution in [0.15, 0.2) is 47.7 Å². The van der Waals surface area contributed by atoms with Crippen LogP contribution < -0.4 is 10.2 Å². The van der Waals surface area contributed by atoms with E-state index in [1.54, 1.807) is 11.8 Å². The number of aryl methyl sites for hydroxylation is 1. The fraction of sp³-hybridized carbons (Fsp3) is 0.238. The first kappa shape index (κ1) is 22.3. The van der Waals surface area contributed by atoms with E-state index in [9.17, 15) is 23.7 Å². The van der Waals surface area contributed by atoms with Crippen molar-refractivity contribution in [3.05, 3.63) is 80.5 Å². The highest BCUT2D eigenvalue weighted by molar-refractivity contribution is 7.80. The summed E-state index contributed by atoms with van der Waals surface area (Å²) in [4.78, 5) is 26.2. The number of hydrogen-bond acceptors (Lipinski definition) is 4. The molecule has 1 N–H and O–H groups in total. The van der Waals surface area contributed by atoms with Crippen LogP contribution in [0, 0.1) is 28.7 Å². The number of benzene rings is 2. The van der Waals surface area contributed by atoms with Gasteiger partial charge in [0, 0.05) is 43.2 Å². The predicted octanol–water partition coefficient (Wildman–Crippen LogP) is 3.98. The number of nitrogens with one attached hydrogen (secondary N) is 1. The van der Waals surface area contributed by atoms with Crippen LogP contribution in [0.3, 0.4) is 0 Å². The Labute approximate surface area is 183 Å². The number of thiocarbonyl (C=S) groups is 1. The van der Waals surface area contributed by atoms with Crippen molar-refractivity contribution in [3.63, 3.8) is 0 Å². The molecule has 3 rings (SSSR count). The highest BCUT2D eigenvalue weighted by Gasteiger charge is 2.37. The normalized spacial score (nSPS) is 16.3. The molecule has 0 radical (unpaired) electrons. The highest BCUT2D eigenvalue weighted by atomic mass is 32.1. The van der Waals surface area contributed by atoms with Crippen LogP contribution in [-0.2, 0) is 4.79 Å². The Kier molecular flexibility index (Phi) is 6.03. The van der Waals surface area contributed by atoms with Gasteiger partial charge in [0.05, 0.1) is 16.5 Å². The first-order valence-corrected chi connectivity index (χ1v) is 9.66. The van der Waals surface area contributed by atoms with E-state index in [0.29, 0.717) is 17.5 Å². The standard InChI is InChI=1S/C21H20F2N4O3S/c1-11-5-7-13(8-6-11)26-12(2)18(20(28)25(3)4)19(24-21(26)31)14-9-17(27(29)30)16(23)10-15(14)22/h5-10,19H,1-4H3,(H,24,31). The zero-order valence-electron chi connectivity index (χ0n) is 17.3. The van der Waals surface area contributed by atoms with Crippen LogP contribution in [-0.4, -0.2) is 34.9 Å². The molecule has 2 aromatic rings. The maximum Gasteiger partial charge on any atom is 0.305 e. The summed E-state index contributed by atoms with van der Waals surface area (Å²) in [5.74, 6) is -2.77. The van der Waals surface area contributed by atoms with Gasteiger partial charge in [0.15, 0.2) is 5.11 Å². The average Bonchev–Trinajstić information content (AvgIpc) is 2.68. The van der Waals surface area contributed by atoms with Crippen molar-refractivity contribution >= 4 is 34.6 Å². The second kappa shape index (κ2) is 8.38. The van der Waals surface area contributed by atoms with Gasteiger partial charge in [-0.2, -0.15) is 4.39 Å². The molecular weight excluding hydrogens is 426 g/mol. The molecule has 1 amide bonds. The van der Waals surface area contributed by atoms with Crippen molar-refractivity contribution in [2.24, 2.45) is 0 Å². The van der Waals surface area contributed by atoms with E-state index in [0.717, 1.165) is 11.6 Å². The predicted molar refractivity (Wildman–Crippen MR) is 117 cm³/mol. The summed E-state index contributed by atoms with van der Waals surface area (Å²) in [7, 11) is 3.07. The van der Waals surface area contributed by atoms with Gasteiger partial charge in [-0.3, -0.25) is 19.8 Å². The largest absolute Gasteiger partial charge is 0.351 e. The smallest absolute Gasteiger partial charge is 0.305 e. The quantitative estimate of drug-likeness (QED) is 0.435. The van der Waals surface area contributed by atoms with Crippen LogP contribution in [0.1, 0.15) is 24.1 Å². The third kappa shape index (κ3) is 4.11. The van der Waals surface area contributed by atoms with Crippen molar-refractivity contribution in [2.75, 3.05) is 19.0 Å². The highest BCUT2D eigenvalue weighted by Crippen LogP contribution is 2.37. The van der Waals surface area contributed by atoms with E-state index in [2.05, 4.69) is 5.32 Å². The first-order valence-electron chi connectivity index (χ1n) is 9.26. The second-order valence-corrected chi connectivity index (χ2v) is 7.72. The van der Waals surface area contributed by atoms with Gasteiger partial charge in [-0.1, -0.05) is 17.7 Å². The minimum Gasteiger partial charge on any atom is -0.351 e. The summed E-state index contributed by atoms with van der Waals surface area (Å²) in [6.07, 6.45) is 0. The third-order valence-corrected chi connectivity index (χ3v) is 5.29. The van der Waals surface area contributed by atoms with E-state index < -0.39 is 34.2 Å². The molecule has 0 bridgehead atoms. The Hall–Kier alpha value is -3.40. The molecular formula is C21H20F2N4O3S. The number of nitro groups is 1. The number of likely N-dealkylation sites (N-methyl/N-ethyl adjacent to an activating group) is 1. The van der Waals surface area contributed by atoms with E-state index in [1.807, 2.05) is 31.2 Å². The molecule has 0 saturated carbocycles. The molecule has 0 aliphatic carbocycles. The molecule has 7 nitrogen and oxygen atoms in total. The Morgan fingerprint density at radius 3 is 2.32 bits per heavy atom. The van der Waals surface area contributed by atoms with Crippen LogP contribution in [0.4, 0.5) is 20.2 Å². The number of allylic oxidation sites excluding steroid dienone is 1. The summed E-state index contributed by atoms with van der Waals surface area (Å²) < 4.78 is 28.6. The number of anilines is 1.